The van der Waals surface area contributed by atoms with Crippen LogP contribution in [0.15, 0.2) is 42.6 Å². The molecule has 2 aromatic carbocycles. The molecule has 8 heteroatoms. The molecular formula is C24H26ClN3O4. The minimum atomic E-state index is -0.129. The van der Waals surface area contributed by atoms with Crippen molar-refractivity contribution in [3.63, 3.8) is 0 Å². The third kappa shape index (κ3) is 4.45. The van der Waals surface area contributed by atoms with Crippen LogP contribution in [0.25, 0.3) is 10.9 Å². The van der Waals surface area contributed by atoms with Crippen molar-refractivity contribution in [2.75, 3.05) is 45.8 Å². The number of amides is 1. The number of hydrogen-bond donors (Lipinski definition) is 1. The molecule has 7 nitrogen and oxygen atoms in total. The van der Waals surface area contributed by atoms with Gasteiger partial charge in [0.1, 0.15) is 0 Å². The number of nitrogens with zero attached hydrogens (tertiary/aromatic N) is 2. The number of morpholine rings is 1. The molecule has 0 unspecified atom stereocenters. The van der Waals surface area contributed by atoms with E-state index in [0.29, 0.717) is 54.1 Å². The van der Waals surface area contributed by atoms with E-state index >= 15 is 0 Å². The normalized spacial score (nSPS) is 14.8. The van der Waals surface area contributed by atoms with E-state index in [1.807, 2.05) is 37.3 Å². The lowest BCUT2D eigenvalue weighted by Crippen LogP contribution is -2.41. The number of fused-ring (bicyclic) bond motifs is 1. The third-order valence-electron chi connectivity index (χ3n) is 5.63. The highest BCUT2D eigenvalue weighted by atomic mass is 35.5. The van der Waals surface area contributed by atoms with E-state index in [0.717, 1.165) is 16.5 Å². The molecule has 1 atom stereocenters. The SMILES string of the molecule is COc1ccc([C@@H](C)Nc2c(C(=O)N3CCOCC3)cnc3ccc(Cl)cc23)cc1OC. The molecule has 2 heterocycles. The molecule has 3 aromatic rings. The van der Waals surface area contributed by atoms with Gasteiger partial charge in [0.15, 0.2) is 11.5 Å². The van der Waals surface area contributed by atoms with Crippen molar-refractivity contribution >= 4 is 34.1 Å². The molecule has 1 saturated heterocycles. The highest BCUT2D eigenvalue weighted by Gasteiger charge is 2.24. The summed E-state index contributed by atoms with van der Waals surface area (Å²) < 4.78 is 16.2. The number of hydrogen-bond acceptors (Lipinski definition) is 6. The number of anilines is 1. The molecule has 1 aliphatic heterocycles. The van der Waals surface area contributed by atoms with Gasteiger partial charge in [-0.2, -0.15) is 0 Å². The second-order valence-corrected chi connectivity index (χ2v) is 8.03. The summed E-state index contributed by atoms with van der Waals surface area (Å²) in [6, 6.07) is 11.1. The lowest BCUT2D eigenvalue weighted by Gasteiger charge is -2.28. The number of rotatable bonds is 6. The molecule has 32 heavy (non-hydrogen) atoms. The van der Waals surface area contributed by atoms with Crippen molar-refractivity contribution in [3.05, 3.63) is 58.7 Å². The van der Waals surface area contributed by atoms with Crippen LogP contribution >= 0.6 is 11.6 Å². The minimum Gasteiger partial charge on any atom is -0.493 e. The Hall–Kier alpha value is -3.03. The first-order chi connectivity index (χ1) is 15.5. The van der Waals surface area contributed by atoms with E-state index in [2.05, 4.69) is 10.3 Å². The van der Waals surface area contributed by atoms with Crippen molar-refractivity contribution in [1.82, 2.24) is 9.88 Å². The Labute approximate surface area is 192 Å². The fourth-order valence-electron chi connectivity index (χ4n) is 3.84. The average molecular weight is 456 g/mol. The van der Waals surface area contributed by atoms with Gasteiger partial charge in [-0.1, -0.05) is 17.7 Å². The van der Waals surface area contributed by atoms with Crippen LogP contribution in [-0.2, 0) is 4.74 Å². The summed E-state index contributed by atoms with van der Waals surface area (Å²) in [5.41, 5.74) is 2.96. The van der Waals surface area contributed by atoms with Crippen LogP contribution in [0.3, 0.4) is 0 Å². The maximum atomic E-state index is 13.4. The fourth-order valence-corrected chi connectivity index (χ4v) is 4.01. The molecule has 1 fully saturated rings. The third-order valence-corrected chi connectivity index (χ3v) is 5.86. The summed E-state index contributed by atoms with van der Waals surface area (Å²) in [7, 11) is 3.22. The van der Waals surface area contributed by atoms with Crippen LogP contribution < -0.4 is 14.8 Å². The smallest absolute Gasteiger partial charge is 0.257 e. The van der Waals surface area contributed by atoms with Gasteiger partial charge in [-0.25, -0.2) is 0 Å². The second-order valence-electron chi connectivity index (χ2n) is 7.59. The van der Waals surface area contributed by atoms with E-state index in [-0.39, 0.29) is 11.9 Å². The van der Waals surface area contributed by atoms with Gasteiger partial charge in [0.2, 0.25) is 0 Å². The van der Waals surface area contributed by atoms with Crippen molar-refractivity contribution in [3.8, 4) is 11.5 Å². The van der Waals surface area contributed by atoms with Crippen LogP contribution in [0.1, 0.15) is 28.9 Å². The topological polar surface area (TPSA) is 72.9 Å². The minimum absolute atomic E-state index is 0.0790. The molecule has 0 spiro atoms. The summed E-state index contributed by atoms with van der Waals surface area (Å²) in [6.45, 7) is 4.20. The van der Waals surface area contributed by atoms with Gasteiger partial charge in [-0.3, -0.25) is 9.78 Å². The molecule has 1 amide bonds. The molecule has 0 aliphatic carbocycles. The van der Waals surface area contributed by atoms with Crippen LogP contribution in [0.5, 0.6) is 11.5 Å². The van der Waals surface area contributed by atoms with E-state index < -0.39 is 0 Å². The second kappa shape index (κ2) is 9.63. The summed E-state index contributed by atoms with van der Waals surface area (Å²) >= 11 is 6.30. The van der Waals surface area contributed by atoms with Crippen LogP contribution in [0.2, 0.25) is 5.02 Å². The van der Waals surface area contributed by atoms with E-state index in [9.17, 15) is 4.79 Å². The number of benzene rings is 2. The number of methoxy groups -OCH3 is 2. The molecule has 0 saturated carbocycles. The number of aromatic nitrogens is 1. The molecule has 0 bridgehead atoms. The Balaban J connectivity index is 1.75. The highest BCUT2D eigenvalue weighted by Crippen LogP contribution is 2.35. The molecule has 0 radical (unpaired) electrons. The van der Waals surface area contributed by atoms with Gasteiger partial charge in [0.25, 0.3) is 5.91 Å². The number of pyridine rings is 1. The molecule has 1 N–H and O–H groups in total. The Kier molecular flexibility index (Phi) is 6.67. The molecule has 1 aromatic heterocycles. The van der Waals surface area contributed by atoms with Crippen LogP contribution in [0, 0.1) is 0 Å². The first-order valence-corrected chi connectivity index (χ1v) is 10.8. The Morgan fingerprint density at radius 3 is 2.59 bits per heavy atom. The van der Waals surface area contributed by atoms with Gasteiger partial charge in [-0.15, -0.1) is 0 Å². The zero-order valence-electron chi connectivity index (χ0n) is 18.4. The predicted octanol–water partition coefficient (Wildman–Crippen LogP) is 4.55. The number of ether oxygens (including phenoxy) is 3. The largest absolute Gasteiger partial charge is 0.493 e. The summed E-state index contributed by atoms with van der Waals surface area (Å²) in [5, 5.41) is 4.91. The van der Waals surface area contributed by atoms with Gasteiger partial charge in [0, 0.05) is 35.7 Å². The van der Waals surface area contributed by atoms with Gasteiger partial charge < -0.3 is 24.4 Å². The summed E-state index contributed by atoms with van der Waals surface area (Å²) in [5.74, 6) is 1.23. The number of nitrogens with one attached hydrogen (secondary N) is 1. The monoisotopic (exact) mass is 455 g/mol. The zero-order chi connectivity index (χ0) is 22.7. The number of carbonyl (C=O) groups is 1. The first kappa shape index (κ1) is 22.2. The maximum absolute atomic E-state index is 13.4. The van der Waals surface area contributed by atoms with Gasteiger partial charge in [-0.05, 0) is 42.8 Å². The maximum Gasteiger partial charge on any atom is 0.257 e. The van der Waals surface area contributed by atoms with Crippen molar-refractivity contribution in [2.45, 2.75) is 13.0 Å². The molecule has 4 rings (SSSR count). The number of halogens is 1. The van der Waals surface area contributed by atoms with Crippen molar-refractivity contribution in [2.24, 2.45) is 0 Å². The van der Waals surface area contributed by atoms with E-state index in [4.69, 9.17) is 25.8 Å². The summed E-state index contributed by atoms with van der Waals surface area (Å²) in [6.07, 6.45) is 1.64. The lowest BCUT2D eigenvalue weighted by molar-refractivity contribution is 0.0303. The molecule has 1 aliphatic rings. The van der Waals surface area contributed by atoms with Crippen molar-refractivity contribution in [1.29, 1.82) is 0 Å². The number of carbonyl (C=O) groups excluding carboxylic acids is 1. The fraction of sp³-hybridized carbons (Fsp3) is 0.333. The average Bonchev–Trinajstić information content (AvgIpc) is 2.83. The van der Waals surface area contributed by atoms with Gasteiger partial charge >= 0.3 is 0 Å². The standard InChI is InChI=1S/C24H26ClN3O4/c1-15(16-4-7-21(30-2)22(12-16)31-3)27-23-18-13-17(25)5-6-20(18)26-14-19(23)24(29)28-8-10-32-11-9-28/h4-7,12-15H,8-11H2,1-3H3,(H,26,27)/t15-/m1/s1. The quantitative estimate of drug-likeness (QED) is 0.587. The van der Waals surface area contributed by atoms with Crippen LogP contribution in [-0.4, -0.2) is 56.3 Å². The Morgan fingerprint density at radius 1 is 1.12 bits per heavy atom. The zero-order valence-corrected chi connectivity index (χ0v) is 19.1. The first-order valence-electron chi connectivity index (χ1n) is 10.5. The Morgan fingerprint density at radius 2 is 1.88 bits per heavy atom. The Bertz CT molecular complexity index is 1130. The van der Waals surface area contributed by atoms with Crippen LogP contribution in [0.4, 0.5) is 5.69 Å². The molecule has 168 valence electrons. The lowest BCUT2D eigenvalue weighted by atomic mass is 10.0. The molecular weight excluding hydrogens is 430 g/mol. The summed E-state index contributed by atoms with van der Waals surface area (Å²) in [4.78, 5) is 19.7. The highest BCUT2D eigenvalue weighted by molar-refractivity contribution is 6.31. The van der Waals surface area contributed by atoms with Gasteiger partial charge in [0.05, 0.1) is 44.2 Å². The van der Waals surface area contributed by atoms with Crippen molar-refractivity contribution < 1.29 is 19.0 Å². The van der Waals surface area contributed by atoms with E-state index in [1.165, 1.54) is 0 Å². The predicted molar refractivity (Wildman–Crippen MR) is 125 cm³/mol. The van der Waals surface area contributed by atoms with E-state index in [1.54, 1.807) is 31.4 Å².